The molecule has 2 fully saturated rings. The summed E-state index contributed by atoms with van der Waals surface area (Å²) >= 11 is 0. The van der Waals surface area contributed by atoms with Crippen LogP contribution in [0.1, 0.15) is 11.1 Å². The van der Waals surface area contributed by atoms with Gasteiger partial charge in [-0.25, -0.2) is 0 Å². The Bertz CT molecular complexity index is 838. The Morgan fingerprint density at radius 3 is 2.46 bits per heavy atom. The van der Waals surface area contributed by atoms with Crippen molar-refractivity contribution in [3.63, 3.8) is 0 Å². The van der Waals surface area contributed by atoms with Gasteiger partial charge in [-0.2, -0.15) is 0 Å². The summed E-state index contributed by atoms with van der Waals surface area (Å²) < 4.78 is 5.20. The molecule has 28 heavy (non-hydrogen) atoms. The van der Waals surface area contributed by atoms with E-state index in [-0.39, 0.29) is 11.8 Å². The molecule has 0 bridgehead atoms. The van der Waals surface area contributed by atoms with Crippen molar-refractivity contribution in [3.05, 3.63) is 65.7 Å². The van der Waals surface area contributed by atoms with E-state index in [0.29, 0.717) is 19.5 Å². The van der Waals surface area contributed by atoms with E-state index in [4.69, 9.17) is 4.74 Å². The van der Waals surface area contributed by atoms with E-state index >= 15 is 0 Å². The Morgan fingerprint density at radius 2 is 1.75 bits per heavy atom. The highest BCUT2D eigenvalue weighted by molar-refractivity contribution is 5.97. The van der Waals surface area contributed by atoms with Crippen molar-refractivity contribution >= 4 is 11.8 Å². The lowest BCUT2D eigenvalue weighted by molar-refractivity contribution is -0.153. The number of fused-ring (bicyclic) bond motifs is 1. The fraction of sp³-hybridized carbons (Fsp3) is 0.364. The van der Waals surface area contributed by atoms with E-state index in [0.717, 1.165) is 24.4 Å². The van der Waals surface area contributed by atoms with Gasteiger partial charge < -0.3 is 15.0 Å². The van der Waals surface area contributed by atoms with Crippen LogP contribution in [0.15, 0.2) is 54.6 Å². The molecule has 2 aliphatic heterocycles. The van der Waals surface area contributed by atoms with Crippen molar-refractivity contribution in [3.8, 4) is 5.75 Å². The number of hydrogen-bond donors (Lipinski definition) is 1. The summed E-state index contributed by atoms with van der Waals surface area (Å²) in [6.07, 6.45) is 0.532. The lowest BCUT2D eigenvalue weighted by Gasteiger charge is -2.45. The van der Waals surface area contributed by atoms with Gasteiger partial charge in [-0.1, -0.05) is 42.5 Å². The van der Waals surface area contributed by atoms with Gasteiger partial charge in [-0.05, 0) is 23.3 Å². The maximum atomic E-state index is 12.9. The topological polar surface area (TPSA) is 61.9 Å². The van der Waals surface area contributed by atoms with E-state index in [9.17, 15) is 9.59 Å². The predicted octanol–water partition coefficient (Wildman–Crippen LogP) is 1.45. The minimum atomic E-state index is -0.473. The standard InChI is InChI=1S/C22H25N3O3/c1-28-18-9-7-17(8-10-18)14-24-11-12-25-20(15-24)21(26)23-19(22(25)27)13-16-5-3-2-4-6-16/h2-10,19-20H,11-15H2,1H3,(H,23,26)/t19-,20-/m1/s1. The summed E-state index contributed by atoms with van der Waals surface area (Å²) in [5.41, 5.74) is 2.22. The molecule has 2 aliphatic rings. The van der Waals surface area contributed by atoms with Gasteiger partial charge in [0.1, 0.15) is 17.8 Å². The summed E-state index contributed by atoms with van der Waals surface area (Å²) in [6, 6.07) is 16.9. The van der Waals surface area contributed by atoms with Crippen molar-refractivity contribution in [2.75, 3.05) is 26.7 Å². The SMILES string of the molecule is COc1ccc(CN2CCN3C(=O)[C@@H](Cc4ccccc4)NC(=O)[C@H]3C2)cc1. The summed E-state index contributed by atoms with van der Waals surface area (Å²) in [5.74, 6) is 0.799. The molecule has 6 heteroatoms. The molecule has 146 valence electrons. The monoisotopic (exact) mass is 379 g/mol. The average Bonchev–Trinajstić information content (AvgIpc) is 2.73. The number of amides is 2. The minimum Gasteiger partial charge on any atom is -0.497 e. The van der Waals surface area contributed by atoms with E-state index < -0.39 is 12.1 Å². The van der Waals surface area contributed by atoms with E-state index in [1.807, 2.05) is 54.6 Å². The van der Waals surface area contributed by atoms with Crippen molar-refractivity contribution in [2.24, 2.45) is 0 Å². The number of carbonyl (C=O) groups is 2. The molecule has 0 spiro atoms. The maximum absolute atomic E-state index is 12.9. The van der Waals surface area contributed by atoms with Crippen LogP contribution in [-0.2, 0) is 22.6 Å². The third-order valence-electron chi connectivity index (χ3n) is 5.51. The van der Waals surface area contributed by atoms with Crippen LogP contribution in [0, 0.1) is 0 Å². The molecule has 1 N–H and O–H groups in total. The van der Waals surface area contributed by atoms with Gasteiger partial charge in [0.25, 0.3) is 0 Å². The smallest absolute Gasteiger partial charge is 0.246 e. The second kappa shape index (κ2) is 8.02. The minimum absolute atomic E-state index is 0.0255. The zero-order chi connectivity index (χ0) is 19.5. The molecular formula is C22H25N3O3. The first-order chi connectivity index (χ1) is 13.6. The van der Waals surface area contributed by atoms with Gasteiger partial charge in [0.05, 0.1) is 7.11 Å². The molecule has 2 aromatic carbocycles. The molecule has 2 amide bonds. The maximum Gasteiger partial charge on any atom is 0.246 e. The number of rotatable bonds is 5. The predicted molar refractivity (Wildman–Crippen MR) is 106 cm³/mol. The number of nitrogens with zero attached hydrogens (tertiary/aromatic N) is 2. The average molecular weight is 379 g/mol. The van der Waals surface area contributed by atoms with Crippen molar-refractivity contribution in [1.29, 1.82) is 0 Å². The fourth-order valence-corrected chi connectivity index (χ4v) is 3.98. The zero-order valence-electron chi connectivity index (χ0n) is 16.0. The Morgan fingerprint density at radius 1 is 1.00 bits per heavy atom. The summed E-state index contributed by atoms with van der Waals surface area (Å²) in [4.78, 5) is 29.6. The molecule has 2 saturated heterocycles. The molecule has 2 atom stereocenters. The molecule has 0 saturated carbocycles. The molecule has 4 rings (SSSR count). The van der Waals surface area contributed by atoms with Crippen LogP contribution < -0.4 is 10.1 Å². The second-order valence-corrected chi connectivity index (χ2v) is 7.38. The largest absolute Gasteiger partial charge is 0.497 e. The van der Waals surface area contributed by atoms with Gasteiger partial charge >= 0.3 is 0 Å². The molecule has 6 nitrogen and oxygen atoms in total. The number of methoxy groups -OCH3 is 1. The second-order valence-electron chi connectivity index (χ2n) is 7.38. The number of nitrogens with one attached hydrogen (secondary N) is 1. The van der Waals surface area contributed by atoms with Gasteiger partial charge in [-0.3, -0.25) is 14.5 Å². The summed E-state index contributed by atoms with van der Waals surface area (Å²) in [6.45, 7) is 2.66. The summed E-state index contributed by atoms with van der Waals surface area (Å²) in [5, 5.41) is 2.94. The highest BCUT2D eigenvalue weighted by Crippen LogP contribution is 2.20. The van der Waals surface area contributed by atoms with E-state index in [1.165, 1.54) is 5.56 Å². The zero-order valence-corrected chi connectivity index (χ0v) is 16.0. The lowest BCUT2D eigenvalue weighted by atomic mass is 9.98. The molecule has 0 radical (unpaired) electrons. The fourth-order valence-electron chi connectivity index (χ4n) is 3.98. The molecule has 0 aliphatic carbocycles. The first-order valence-corrected chi connectivity index (χ1v) is 9.64. The number of piperazine rings is 2. The molecule has 0 unspecified atom stereocenters. The number of hydrogen-bond acceptors (Lipinski definition) is 4. The number of benzene rings is 2. The van der Waals surface area contributed by atoms with Crippen LogP contribution >= 0.6 is 0 Å². The van der Waals surface area contributed by atoms with Crippen molar-refractivity contribution < 1.29 is 14.3 Å². The first-order valence-electron chi connectivity index (χ1n) is 9.64. The van der Waals surface area contributed by atoms with Crippen LogP contribution in [0.4, 0.5) is 0 Å². The van der Waals surface area contributed by atoms with Gasteiger partial charge in [-0.15, -0.1) is 0 Å². The van der Waals surface area contributed by atoms with Gasteiger partial charge in [0.2, 0.25) is 11.8 Å². The Hall–Kier alpha value is -2.86. The van der Waals surface area contributed by atoms with Crippen molar-refractivity contribution in [1.82, 2.24) is 15.1 Å². The number of carbonyl (C=O) groups excluding carboxylic acids is 2. The van der Waals surface area contributed by atoms with Gasteiger partial charge in [0, 0.05) is 32.6 Å². The molecular weight excluding hydrogens is 354 g/mol. The highest BCUT2D eigenvalue weighted by Gasteiger charge is 2.43. The van der Waals surface area contributed by atoms with Crippen LogP contribution in [0.3, 0.4) is 0 Å². The third-order valence-corrected chi connectivity index (χ3v) is 5.51. The van der Waals surface area contributed by atoms with Crippen LogP contribution in [0.2, 0.25) is 0 Å². The normalized spacial score (nSPS) is 22.5. The molecule has 2 heterocycles. The Kier molecular flexibility index (Phi) is 5.30. The quantitative estimate of drug-likeness (QED) is 0.854. The Balaban J connectivity index is 1.40. The third kappa shape index (κ3) is 3.87. The lowest BCUT2D eigenvalue weighted by Crippen LogP contribution is -2.69. The highest BCUT2D eigenvalue weighted by atomic mass is 16.5. The number of ether oxygens (including phenoxy) is 1. The van der Waals surface area contributed by atoms with Crippen LogP contribution in [-0.4, -0.2) is 60.4 Å². The van der Waals surface area contributed by atoms with E-state index in [2.05, 4.69) is 10.2 Å². The first kappa shape index (κ1) is 18.5. The van der Waals surface area contributed by atoms with E-state index in [1.54, 1.807) is 12.0 Å². The van der Waals surface area contributed by atoms with Crippen LogP contribution in [0.25, 0.3) is 0 Å². The molecule has 0 aromatic heterocycles. The van der Waals surface area contributed by atoms with Gasteiger partial charge in [0.15, 0.2) is 0 Å². The van der Waals surface area contributed by atoms with Crippen molar-refractivity contribution in [2.45, 2.75) is 25.0 Å². The molecule has 2 aromatic rings. The van der Waals surface area contributed by atoms with Crippen LogP contribution in [0.5, 0.6) is 5.75 Å². The summed E-state index contributed by atoms with van der Waals surface area (Å²) in [7, 11) is 1.65. The Labute approximate surface area is 165 Å².